The highest BCUT2D eigenvalue weighted by Gasteiger charge is 2.37. The summed E-state index contributed by atoms with van der Waals surface area (Å²) in [6.45, 7) is 5.76. The highest BCUT2D eigenvalue weighted by molar-refractivity contribution is 6.03. The molecular formula is C21H25F3N6O2. The predicted octanol–water partition coefficient (Wildman–Crippen LogP) is 3.63. The molecule has 2 aromatic rings. The Bertz CT molecular complexity index is 1020. The number of aryl methyl sites for hydroxylation is 1. The van der Waals surface area contributed by atoms with Gasteiger partial charge in [-0.3, -0.25) is 4.79 Å². The number of nitrogens with zero attached hydrogens (tertiary/aromatic N) is 4. The van der Waals surface area contributed by atoms with Crippen molar-refractivity contribution >= 4 is 23.4 Å². The van der Waals surface area contributed by atoms with Gasteiger partial charge in [0.05, 0.1) is 5.69 Å². The zero-order valence-corrected chi connectivity index (χ0v) is 18.2. The highest BCUT2D eigenvalue weighted by Crippen LogP contribution is 2.35. The van der Waals surface area contributed by atoms with Crippen LogP contribution >= 0.6 is 0 Å². The van der Waals surface area contributed by atoms with Gasteiger partial charge in [-0.15, -0.1) is 0 Å². The molecule has 0 saturated heterocycles. The van der Waals surface area contributed by atoms with Gasteiger partial charge in [0.2, 0.25) is 17.7 Å². The fourth-order valence-corrected chi connectivity index (χ4v) is 4.05. The van der Waals surface area contributed by atoms with Gasteiger partial charge in [0, 0.05) is 32.0 Å². The minimum atomic E-state index is -4.51. The van der Waals surface area contributed by atoms with Gasteiger partial charge in [-0.2, -0.15) is 18.2 Å². The molecule has 0 spiro atoms. The lowest BCUT2D eigenvalue weighted by Crippen LogP contribution is -2.50. The van der Waals surface area contributed by atoms with E-state index < -0.39 is 11.9 Å². The second-order valence-corrected chi connectivity index (χ2v) is 8.53. The van der Waals surface area contributed by atoms with Crippen molar-refractivity contribution in [2.75, 3.05) is 22.6 Å². The summed E-state index contributed by atoms with van der Waals surface area (Å²) in [5.41, 5.74) is 0.281. The Morgan fingerprint density at radius 2 is 1.94 bits per heavy atom. The first kappa shape index (κ1) is 22.1. The molecule has 3 heterocycles. The smallest absolute Gasteiger partial charge is 0.433 e. The average Bonchev–Trinajstić information content (AvgIpc) is 2.66. The molecule has 32 heavy (non-hydrogen) atoms. The van der Waals surface area contributed by atoms with Crippen molar-refractivity contribution in [2.45, 2.75) is 58.0 Å². The Hall–Kier alpha value is -3.11. The molecule has 0 unspecified atom stereocenters. The van der Waals surface area contributed by atoms with Crippen LogP contribution in [0.5, 0.6) is 5.88 Å². The van der Waals surface area contributed by atoms with Crippen LogP contribution in [-0.4, -0.2) is 46.1 Å². The van der Waals surface area contributed by atoms with E-state index in [9.17, 15) is 18.0 Å². The number of carbonyl (C=O) groups is 1. The molecule has 11 heteroatoms. The minimum Gasteiger partial charge on any atom is -0.474 e. The number of likely N-dealkylation sites (N-methyl/N-ethyl adjacent to an activating group) is 1. The first-order chi connectivity index (χ1) is 15.0. The van der Waals surface area contributed by atoms with Gasteiger partial charge in [-0.1, -0.05) is 19.9 Å². The van der Waals surface area contributed by atoms with Gasteiger partial charge in [0.1, 0.15) is 23.5 Å². The first-order valence-corrected chi connectivity index (χ1v) is 10.4. The fourth-order valence-electron chi connectivity index (χ4n) is 4.05. The van der Waals surface area contributed by atoms with Gasteiger partial charge < -0.3 is 20.3 Å². The number of aromatic nitrogens is 3. The number of alkyl halides is 3. The summed E-state index contributed by atoms with van der Waals surface area (Å²) in [7, 11) is 1.84. The second kappa shape index (κ2) is 8.10. The summed E-state index contributed by atoms with van der Waals surface area (Å²) in [5, 5.41) is 6.16. The largest absolute Gasteiger partial charge is 0.474 e. The molecule has 0 aromatic carbocycles. The molecular weight excluding hydrogens is 425 g/mol. The zero-order valence-electron chi connectivity index (χ0n) is 18.2. The summed E-state index contributed by atoms with van der Waals surface area (Å²) in [5.74, 6) is 1.07. The van der Waals surface area contributed by atoms with E-state index in [2.05, 4.69) is 25.6 Å². The van der Waals surface area contributed by atoms with Gasteiger partial charge in [-0.25, -0.2) is 9.97 Å². The number of carbonyl (C=O) groups excluding carboxylic acids is 1. The van der Waals surface area contributed by atoms with Crippen LogP contribution < -0.4 is 20.3 Å². The van der Waals surface area contributed by atoms with Crippen molar-refractivity contribution in [1.29, 1.82) is 0 Å². The SMILES string of the molecule is Cc1nc(NC2CC(Oc3cccc(C(F)(F)F)n3)C2)nc2c1NC(=O)[C@H](C(C)C)N2C. The average molecular weight is 450 g/mol. The molecule has 1 aliphatic carbocycles. The third-order valence-corrected chi connectivity index (χ3v) is 5.70. The van der Waals surface area contributed by atoms with Crippen molar-refractivity contribution < 1.29 is 22.7 Å². The van der Waals surface area contributed by atoms with E-state index >= 15 is 0 Å². The minimum absolute atomic E-state index is 0.0210. The number of halogens is 3. The number of rotatable bonds is 5. The number of nitrogens with one attached hydrogen (secondary N) is 2. The van der Waals surface area contributed by atoms with Crippen molar-refractivity contribution in [1.82, 2.24) is 15.0 Å². The van der Waals surface area contributed by atoms with E-state index in [-0.39, 0.29) is 35.9 Å². The molecule has 1 amide bonds. The zero-order chi connectivity index (χ0) is 23.2. The molecule has 2 aliphatic rings. The molecule has 1 atom stereocenters. The number of amides is 1. The summed E-state index contributed by atoms with van der Waals surface area (Å²) < 4.78 is 44.0. The van der Waals surface area contributed by atoms with Crippen molar-refractivity contribution in [3.05, 3.63) is 29.6 Å². The van der Waals surface area contributed by atoms with Crippen LogP contribution in [0.25, 0.3) is 0 Å². The summed E-state index contributed by atoms with van der Waals surface area (Å²) >= 11 is 0. The first-order valence-electron chi connectivity index (χ1n) is 10.4. The maximum atomic E-state index is 12.8. The van der Waals surface area contributed by atoms with E-state index in [0.29, 0.717) is 36.0 Å². The number of pyridine rings is 1. The van der Waals surface area contributed by atoms with Crippen LogP contribution in [0.1, 0.15) is 38.1 Å². The Kier molecular flexibility index (Phi) is 5.59. The maximum Gasteiger partial charge on any atom is 0.433 e. The number of ether oxygens (including phenoxy) is 1. The monoisotopic (exact) mass is 450 g/mol. The van der Waals surface area contributed by atoms with Crippen molar-refractivity contribution in [3.8, 4) is 5.88 Å². The van der Waals surface area contributed by atoms with E-state index in [0.717, 1.165) is 6.07 Å². The molecule has 1 saturated carbocycles. The topological polar surface area (TPSA) is 92.3 Å². The fraction of sp³-hybridized carbons (Fsp3) is 0.524. The standard InChI is InChI=1S/C21H25F3N6O2/c1-10(2)17-19(31)28-16-11(3)25-20(29-18(16)30(17)4)26-12-8-13(9-12)32-15-7-5-6-14(27-15)21(22,23)24/h5-7,10,12-13,17H,8-9H2,1-4H3,(H,28,31)(H,25,26,29)/t12?,13?,17-/m0/s1. The Morgan fingerprint density at radius 1 is 1.22 bits per heavy atom. The lowest BCUT2D eigenvalue weighted by Gasteiger charge is -2.38. The third-order valence-electron chi connectivity index (χ3n) is 5.70. The van der Waals surface area contributed by atoms with E-state index in [1.807, 2.05) is 32.7 Å². The maximum absolute atomic E-state index is 12.8. The van der Waals surface area contributed by atoms with Gasteiger partial charge in [-0.05, 0) is 18.9 Å². The van der Waals surface area contributed by atoms with Crippen LogP contribution in [0.2, 0.25) is 0 Å². The predicted molar refractivity (Wildman–Crippen MR) is 113 cm³/mol. The van der Waals surface area contributed by atoms with Crippen LogP contribution in [0, 0.1) is 12.8 Å². The summed E-state index contributed by atoms with van der Waals surface area (Å²) in [6.07, 6.45) is -3.59. The quantitative estimate of drug-likeness (QED) is 0.719. The van der Waals surface area contributed by atoms with Crippen LogP contribution in [0.4, 0.5) is 30.6 Å². The number of anilines is 3. The second-order valence-electron chi connectivity index (χ2n) is 8.53. The van der Waals surface area contributed by atoms with Gasteiger partial charge in [0.25, 0.3) is 0 Å². The number of fused-ring (bicyclic) bond motifs is 1. The molecule has 2 N–H and O–H groups in total. The lowest BCUT2D eigenvalue weighted by molar-refractivity contribution is -0.141. The number of hydrogen-bond donors (Lipinski definition) is 2. The molecule has 2 aromatic heterocycles. The van der Waals surface area contributed by atoms with E-state index in [1.165, 1.54) is 12.1 Å². The summed E-state index contributed by atoms with van der Waals surface area (Å²) in [4.78, 5) is 26.9. The molecule has 4 rings (SSSR count). The Balaban J connectivity index is 1.40. The molecule has 1 fully saturated rings. The van der Waals surface area contributed by atoms with Crippen LogP contribution in [0.3, 0.4) is 0 Å². The summed E-state index contributed by atoms with van der Waals surface area (Å²) in [6, 6.07) is 3.31. The number of hydrogen-bond acceptors (Lipinski definition) is 7. The molecule has 0 bridgehead atoms. The normalized spacial score (nSPS) is 22.8. The Morgan fingerprint density at radius 3 is 2.59 bits per heavy atom. The third kappa shape index (κ3) is 4.28. The van der Waals surface area contributed by atoms with Crippen LogP contribution in [0.15, 0.2) is 18.2 Å². The van der Waals surface area contributed by atoms with E-state index in [1.54, 1.807) is 0 Å². The van der Waals surface area contributed by atoms with Crippen LogP contribution in [-0.2, 0) is 11.0 Å². The molecule has 1 aliphatic heterocycles. The lowest BCUT2D eigenvalue weighted by atomic mass is 9.89. The van der Waals surface area contributed by atoms with Crippen molar-refractivity contribution in [3.63, 3.8) is 0 Å². The highest BCUT2D eigenvalue weighted by atomic mass is 19.4. The molecule has 8 nitrogen and oxygen atoms in total. The van der Waals surface area contributed by atoms with Crippen molar-refractivity contribution in [2.24, 2.45) is 5.92 Å². The Labute approximate surface area is 183 Å². The van der Waals surface area contributed by atoms with Gasteiger partial charge >= 0.3 is 6.18 Å². The molecule has 0 radical (unpaired) electrons. The molecule has 172 valence electrons. The van der Waals surface area contributed by atoms with Gasteiger partial charge in [0.15, 0.2) is 5.82 Å². The van der Waals surface area contributed by atoms with E-state index in [4.69, 9.17) is 4.74 Å².